The summed E-state index contributed by atoms with van der Waals surface area (Å²) in [5.41, 5.74) is 0.777. The van der Waals surface area contributed by atoms with E-state index in [9.17, 15) is 9.50 Å². The van der Waals surface area contributed by atoms with Crippen LogP contribution in [-0.4, -0.2) is 11.7 Å². The van der Waals surface area contributed by atoms with Gasteiger partial charge in [0, 0.05) is 12.6 Å². The van der Waals surface area contributed by atoms with Gasteiger partial charge in [-0.1, -0.05) is 27.7 Å². The lowest BCUT2D eigenvalue weighted by Gasteiger charge is -2.25. The van der Waals surface area contributed by atoms with Crippen LogP contribution >= 0.6 is 0 Å². The summed E-state index contributed by atoms with van der Waals surface area (Å²) in [6, 6.07) is 4.16. The molecular formula is C15H24FNO. The molecule has 0 aliphatic rings. The highest BCUT2D eigenvalue weighted by molar-refractivity contribution is 5.28. The van der Waals surface area contributed by atoms with E-state index in [0.717, 1.165) is 18.2 Å². The number of hydrogen-bond donors (Lipinski definition) is 2. The van der Waals surface area contributed by atoms with Gasteiger partial charge in [-0.2, -0.15) is 0 Å². The molecule has 18 heavy (non-hydrogen) atoms. The largest absolute Gasteiger partial charge is 0.508 e. The predicted octanol–water partition coefficient (Wildman–Crippen LogP) is 3.55. The Morgan fingerprint density at radius 1 is 1.11 bits per heavy atom. The molecule has 1 aromatic rings. The Kier molecular flexibility index (Phi) is 5.60. The number of phenolic OH excluding ortho intramolecular Hbond substituents is 1. The first-order valence-corrected chi connectivity index (χ1v) is 6.59. The van der Waals surface area contributed by atoms with Crippen molar-refractivity contribution in [3.8, 4) is 5.75 Å². The Bertz CT molecular complexity index is 349. The smallest absolute Gasteiger partial charge is 0.127 e. The maximum absolute atomic E-state index is 13.1. The van der Waals surface area contributed by atoms with Crippen molar-refractivity contribution in [1.29, 1.82) is 0 Å². The molecule has 0 atom stereocenters. The van der Waals surface area contributed by atoms with E-state index >= 15 is 0 Å². The predicted molar refractivity (Wildman–Crippen MR) is 72.9 cm³/mol. The minimum absolute atomic E-state index is 0.0175. The first kappa shape index (κ1) is 15.0. The summed E-state index contributed by atoms with van der Waals surface area (Å²) < 4.78 is 13.1. The number of nitrogens with one attached hydrogen (secondary N) is 1. The van der Waals surface area contributed by atoms with Gasteiger partial charge in [-0.3, -0.25) is 0 Å². The zero-order valence-corrected chi connectivity index (χ0v) is 11.7. The van der Waals surface area contributed by atoms with Gasteiger partial charge in [-0.05, 0) is 42.0 Å². The number of hydrogen-bond acceptors (Lipinski definition) is 2. The fourth-order valence-corrected chi connectivity index (χ4v) is 2.36. The fraction of sp³-hybridized carbons (Fsp3) is 0.600. The van der Waals surface area contributed by atoms with E-state index in [1.165, 1.54) is 6.07 Å². The van der Waals surface area contributed by atoms with Gasteiger partial charge >= 0.3 is 0 Å². The number of phenols is 1. The Morgan fingerprint density at radius 3 is 2.22 bits per heavy atom. The van der Waals surface area contributed by atoms with Crippen molar-refractivity contribution in [3.63, 3.8) is 0 Å². The fourth-order valence-electron chi connectivity index (χ4n) is 2.36. The summed E-state index contributed by atoms with van der Waals surface area (Å²) >= 11 is 0. The summed E-state index contributed by atoms with van der Waals surface area (Å²) in [7, 11) is 0. The van der Waals surface area contributed by atoms with Gasteiger partial charge in [0.25, 0.3) is 0 Å². The molecule has 0 unspecified atom stereocenters. The van der Waals surface area contributed by atoms with Gasteiger partial charge in [0.15, 0.2) is 0 Å². The van der Waals surface area contributed by atoms with Crippen LogP contribution in [0.1, 0.15) is 33.3 Å². The van der Waals surface area contributed by atoms with Gasteiger partial charge in [0.05, 0.1) is 0 Å². The Balaban J connectivity index is 2.50. The third kappa shape index (κ3) is 4.65. The van der Waals surface area contributed by atoms with Crippen LogP contribution in [-0.2, 0) is 6.54 Å². The molecule has 0 aliphatic carbocycles. The number of halogens is 1. The van der Waals surface area contributed by atoms with Crippen molar-refractivity contribution in [2.45, 2.75) is 34.2 Å². The number of aromatic hydroxyl groups is 1. The monoisotopic (exact) mass is 253 g/mol. The topological polar surface area (TPSA) is 32.3 Å². The van der Waals surface area contributed by atoms with E-state index < -0.39 is 5.82 Å². The second kappa shape index (κ2) is 6.74. The molecule has 0 amide bonds. The summed E-state index contributed by atoms with van der Waals surface area (Å²) in [5, 5.41) is 12.7. The van der Waals surface area contributed by atoms with Crippen LogP contribution < -0.4 is 5.32 Å². The Morgan fingerprint density at radius 2 is 1.72 bits per heavy atom. The standard InChI is InChI=1S/C15H24FNO/c1-10(2)15(11(3)4)9-17-8-12-5-13(16)7-14(18)6-12/h5-7,10-11,15,17-18H,8-9H2,1-4H3. The van der Waals surface area contributed by atoms with Gasteiger partial charge in [0.1, 0.15) is 11.6 Å². The third-order valence-corrected chi connectivity index (χ3v) is 3.36. The van der Waals surface area contributed by atoms with E-state index in [0.29, 0.717) is 24.3 Å². The zero-order chi connectivity index (χ0) is 13.7. The summed E-state index contributed by atoms with van der Waals surface area (Å²) in [6.45, 7) is 10.4. The molecule has 3 heteroatoms. The molecule has 1 rings (SSSR count). The van der Waals surface area contributed by atoms with Crippen LogP contribution in [0.5, 0.6) is 5.75 Å². The normalized spacial score (nSPS) is 11.8. The molecule has 0 radical (unpaired) electrons. The highest BCUT2D eigenvalue weighted by atomic mass is 19.1. The molecule has 102 valence electrons. The quantitative estimate of drug-likeness (QED) is 0.812. The molecule has 0 spiro atoms. The van der Waals surface area contributed by atoms with Crippen LogP contribution in [0.2, 0.25) is 0 Å². The lowest BCUT2D eigenvalue weighted by Crippen LogP contribution is -2.29. The van der Waals surface area contributed by atoms with Crippen LogP contribution in [0.25, 0.3) is 0 Å². The van der Waals surface area contributed by atoms with Gasteiger partial charge in [0.2, 0.25) is 0 Å². The van der Waals surface area contributed by atoms with Crippen molar-refractivity contribution >= 4 is 0 Å². The highest BCUT2D eigenvalue weighted by Crippen LogP contribution is 2.20. The zero-order valence-electron chi connectivity index (χ0n) is 11.7. The summed E-state index contributed by atoms with van der Waals surface area (Å²) in [6.07, 6.45) is 0. The molecule has 0 bridgehead atoms. The summed E-state index contributed by atoms with van der Waals surface area (Å²) in [5.74, 6) is 1.44. The number of rotatable bonds is 6. The minimum atomic E-state index is -0.393. The van der Waals surface area contributed by atoms with E-state index in [-0.39, 0.29) is 5.75 Å². The van der Waals surface area contributed by atoms with Crippen LogP contribution in [0, 0.1) is 23.6 Å². The van der Waals surface area contributed by atoms with Crippen LogP contribution in [0.15, 0.2) is 18.2 Å². The van der Waals surface area contributed by atoms with Gasteiger partial charge in [-0.25, -0.2) is 4.39 Å². The van der Waals surface area contributed by atoms with Crippen molar-refractivity contribution in [3.05, 3.63) is 29.6 Å². The van der Waals surface area contributed by atoms with Crippen LogP contribution in [0.3, 0.4) is 0 Å². The number of benzene rings is 1. The Labute approximate surface area is 109 Å². The summed E-state index contributed by atoms with van der Waals surface area (Å²) in [4.78, 5) is 0. The van der Waals surface area contributed by atoms with Crippen molar-refractivity contribution < 1.29 is 9.50 Å². The maximum atomic E-state index is 13.1. The third-order valence-electron chi connectivity index (χ3n) is 3.36. The second-order valence-electron chi connectivity index (χ2n) is 5.60. The molecule has 1 aromatic carbocycles. The molecule has 0 aromatic heterocycles. The molecule has 2 N–H and O–H groups in total. The average Bonchev–Trinajstić information content (AvgIpc) is 2.21. The average molecular weight is 253 g/mol. The van der Waals surface area contributed by atoms with Crippen molar-refractivity contribution in [1.82, 2.24) is 5.32 Å². The lowest BCUT2D eigenvalue weighted by atomic mass is 9.85. The molecule has 2 nitrogen and oxygen atoms in total. The minimum Gasteiger partial charge on any atom is -0.508 e. The molecular weight excluding hydrogens is 229 g/mol. The maximum Gasteiger partial charge on any atom is 0.127 e. The van der Waals surface area contributed by atoms with Crippen molar-refractivity contribution in [2.75, 3.05) is 6.54 Å². The Hall–Kier alpha value is -1.09. The van der Waals surface area contributed by atoms with Crippen molar-refractivity contribution in [2.24, 2.45) is 17.8 Å². The molecule has 0 fully saturated rings. The lowest BCUT2D eigenvalue weighted by molar-refractivity contribution is 0.275. The molecule has 0 saturated carbocycles. The molecule has 0 saturated heterocycles. The van der Waals surface area contributed by atoms with Crippen LogP contribution in [0.4, 0.5) is 4.39 Å². The van der Waals surface area contributed by atoms with E-state index in [4.69, 9.17) is 0 Å². The SMILES string of the molecule is CC(C)C(CNCc1cc(O)cc(F)c1)C(C)C. The van der Waals surface area contributed by atoms with E-state index in [2.05, 4.69) is 33.0 Å². The van der Waals surface area contributed by atoms with Gasteiger partial charge in [-0.15, -0.1) is 0 Å². The van der Waals surface area contributed by atoms with E-state index in [1.807, 2.05) is 0 Å². The van der Waals surface area contributed by atoms with E-state index in [1.54, 1.807) is 6.07 Å². The molecule has 0 heterocycles. The highest BCUT2D eigenvalue weighted by Gasteiger charge is 2.16. The van der Waals surface area contributed by atoms with Gasteiger partial charge < -0.3 is 10.4 Å². The first-order chi connectivity index (χ1) is 8.40. The second-order valence-corrected chi connectivity index (χ2v) is 5.60. The first-order valence-electron chi connectivity index (χ1n) is 6.59. The molecule has 0 aliphatic heterocycles.